The Morgan fingerprint density at radius 2 is 1.29 bits per heavy atom. The Morgan fingerprint density at radius 3 is 1.58 bits per heavy atom. The molecular formula is C15H29N3O6. The molecule has 9 nitrogen and oxygen atoms in total. The zero-order chi connectivity index (χ0) is 18.9. The summed E-state index contributed by atoms with van der Waals surface area (Å²) in [6.07, 6.45) is 0. The number of carboxylic acids is 3. The van der Waals surface area contributed by atoms with E-state index in [1.54, 1.807) is 21.7 Å². The van der Waals surface area contributed by atoms with Crippen LogP contribution in [0.15, 0.2) is 0 Å². The Labute approximate surface area is 142 Å². The summed E-state index contributed by atoms with van der Waals surface area (Å²) in [4.78, 5) is 37.9. The Kier molecular flexibility index (Phi) is 9.49. The summed E-state index contributed by atoms with van der Waals surface area (Å²) in [5.41, 5.74) is -0.653. The lowest BCUT2D eigenvalue weighted by atomic mass is 9.99. The Hall–Kier alpha value is -1.71. The number of hydrogen-bond acceptors (Lipinski definition) is 6. The first-order chi connectivity index (χ1) is 11.1. The highest BCUT2D eigenvalue weighted by atomic mass is 16.4. The number of hydrogen-bond donors (Lipinski definition) is 3. The van der Waals surface area contributed by atoms with E-state index in [1.165, 1.54) is 0 Å². The third-order valence-corrected chi connectivity index (χ3v) is 3.87. The second-order valence-corrected chi connectivity index (χ2v) is 5.96. The zero-order valence-corrected chi connectivity index (χ0v) is 14.9. The Balaban J connectivity index is 0.00000254. The van der Waals surface area contributed by atoms with Crippen LogP contribution >= 0.6 is 0 Å². The molecule has 0 spiro atoms. The average molecular weight is 347 g/mol. The maximum absolute atomic E-state index is 10.9. The fourth-order valence-electron chi connectivity index (χ4n) is 2.74. The predicted molar refractivity (Wildman–Crippen MR) is 88.2 cm³/mol. The minimum absolute atomic E-state index is 0.155. The highest BCUT2D eigenvalue weighted by Crippen LogP contribution is 2.20. The molecule has 0 aromatic heterocycles. The van der Waals surface area contributed by atoms with Gasteiger partial charge in [0.05, 0.1) is 19.6 Å². The van der Waals surface area contributed by atoms with E-state index in [0.717, 1.165) is 0 Å². The molecule has 0 amide bonds. The molecule has 0 aliphatic carbocycles. The molecule has 3 N–H and O–H groups in total. The van der Waals surface area contributed by atoms with Gasteiger partial charge in [0.15, 0.2) is 0 Å². The lowest BCUT2D eigenvalue weighted by Gasteiger charge is -2.41. The summed E-state index contributed by atoms with van der Waals surface area (Å²) in [5.74, 6) is -2.91. The van der Waals surface area contributed by atoms with Crippen LogP contribution in [0.4, 0.5) is 0 Å². The van der Waals surface area contributed by atoms with Crippen molar-refractivity contribution in [3.63, 3.8) is 0 Å². The molecule has 140 valence electrons. The van der Waals surface area contributed by atoms with Crippen LogP contribution in [-0.2, 0) is 14.4 Å². The van der Waals surface area contributed by atoms with Gasteiger partial charge in [-0.15, -0.1) is 0 Å². The topological polar surface area (TPSA) is 122 Å². The van der Waals surface area contributed by atoms with Crippen molar-refractivity contribution in [2.24, 2.45) is 0 Å². The van der Waals surface area contributed by atoms with Crippen molar-refractivity contribution in [2.75, 3.05) is 52.9 Å². The first-order valence-corrected chi connectivity index (χ1v) is 7.94. The standard InChI is InChI=1S/C13H23N3O6.C2H6/c1-13(14(2)5-10(17)18)8-15(6-11(19)20)3-4-16(9-13)7-12(21)22;1-2/h3-9H2,1-2H3,(H,17,18)(H,19,20)(H,21,22);1-2H3. The van der Waals surface area contributed by atoms with Crippen LogP contribution in [0.1, 0.15) is 20.8 Å². The fraction of sp³-hybridized carbons (Fsp3) is 0.800. The maximum Gasteiger partial charge on any atom is 0.317 e. The average Bonchev–Trinajstić information content (AvgIpc) is 2.59. The van der Waals surface area contributed by atoms with Crippen molar-refractivity contribution in [3.8, 4) is 0 Å². The molecule has 0 bridgehead atoms. The lowest BCUT2D eigenvalue weighted by molar-refractivity contribution is -0.142. The van der Waals surface area contributed by atoms with Crippen molar-refractivity contribution in [3.05, 3.63) is 0 Å². The SMILES string of the molecule is CC.CN(CC(=O)O)C1(C)CN(CC(=O)O)CCN(CC(=O)O)C1. The molecule has 0 aromatic carbocycles. The zero-order valence-electron chi connectivity index (χ0n) is 14.9. The van der Waals surface area contributed by atoms with Crippen LogP contribution in [0.5, 0.6) is 0 Å². The van der Waals surface area contributed by atoms with Gasteiger partial charge in [0, 0.05) is 31.7 Å². The van der Waals surface area contributed by atoms with E-state index in [9.17, 15) is 14.4 Å². The van der Waals surface area contributed by atoms with Crippen LogP contribution in [0.2, 0.25) is 0 Å². The third-order valence-electron chi connectivity index (χ3n) is 3.87. The van der Waals surface area contributed by atoms with Crippen LogP contribution in [0.3, 0.4) is 0 Å². The van der Waals surface area contributed by atoms with Gasteiger partial charge in [-0.2, -0.15) is 0 Å². The smallest absolute Gasteiger partial charge is 0.317 e. The van der Waals surface area contributed by atoms with Gasteiger partial charge in [-0.1, -0.05) is 13.8 Å². The molecule has 0 aromatic rings. The number of likely N-dealkylation sites (N-methyl/N-ethyl adjacent to an activating group) is 1. The predicted octanol–water partition coefficient (Wildman–Crippen LogP) is -0.425. The molecule has 0 saturated carbocycles. The highest BCUT2D eigenvalue weighted by molar-refractivity contribution is 5.70. The molecular weight excluding hydrogens is 318 g/mol. The maximum atomic E-state index is 10.9. The van der Waals surface area contributed by atoms with Gasteiger partial charge in [0.2, 0.25) is 0 Å². The first kappa shape index (κ1) is 22.3. The van der Waals surface area contributed by atoms with Crippen LogP contribution in [0.25, 0.3) is 0 Å². The number of aliphatic carboxylic acids is 3. The second-order valence-electron chi connectivity index (χ2n) is 5.96. The van der Waals surface area contributed by atoms with Crippen molar-refractivity contribution in [2.45, 2.75) is 26.3 Å². The normalized spacial score (nSPS) is 18.4. The summed E-state index contributed by atoms with van der Waals surface area (Å²) in [6, 6.07) is 0. The molecule has 0 unspecified atom stereocenters. The van der Waals surface area contributed by atoms with E-state index in [4.69, 9.17) is 15.3 Å². The summed E-state index contributed by atoms with van der Waals surface area (Å²) >= 11 is 0. The highest BCUT2D eigenvalue weighted by Gasteiger charge is 2.37. The molecule has 1 aliphatic rings. The van der Waals surface area contributed by atoms with Crippen molar-refractivity contribution in [1.82, 2.24) is 14.7 Å². The molecule has 1 fully saturated rings. The molecule has 1 heterocycles. The minimum atomic E-state index is -0.984. The van der Waals surface area contributed by atoms with Crippen LogP contribution in [0, 0.1) is 0 Å². The van der Waals surface area contributed by atoms with Gasteiger partial charge < -0.3 is 15.3 Å². The van der Waals surface area contributed by atoms with Gasteiger partial charge in [-0.3, -0.25) is 29.1 Å². The fourth-order valence-corrected chi connectivity index (χ4v) is 2.74. The number of carboxylic acid groups (broad SMARTS) is 3. The van der Waals surface area contributed by atoms with E-state index in [-0.39, 0.29) is 19.6 Å². The molecule has 0 atom stereocenters. The van der Waals surface area contributed by atoms with Crippen LogP contribution < -0.4 is 0 Å². The summed E-state index contributed by atoms with van der Waals surface area (Å²) in [5, 5.41) is 26.9. The van der Waals surface area contributed by atoms with E-state index in [1.807, 2.05) is 20.8 Å². The third kappa shape index (κ3) is 7.71. The monoisotopic (exact) mass is 347 g/mol. The molecule has 1 saturated heterocycles. The van der Waals surface area contributed by atoms with Gasteiger partial charge in [0.25, 0.3) is 0 Å². The van der Waals surface area contributed by atoms with Crippen molar-refractivity contribution < 1.29 is 29.7 Å². The first-order valence-electron chi connectivity index (χ1n) is 7.94. The molecule has 1 rings (SSSR count). The summed E-state index contributed by atoms with van der Waals surface area (Å²) in [6.45, 7) is 6.89. The van der Waals surface area contributed by atoms with Gasteiger partial charge in [0.1, 0.15) is 0 Å². The van der Waals surface area contributed by atoms with Gasteiger partial charge in [-0.25, -0.2) is 0 Å². The quantitative estimate of drug-likeness (QED) is 0.563. The van der Waals surface area contributed by atoms with Crippen LogP contribution in [-0.4, -0.2) is 106 Å². The Bertz CT molecular complexity index is 417. The van der Waals surface area contributed by atoms with E-state index < -0.39 is 23.4 Å². The molecule has 9 heteroatoms. The van der Waals surface area contributed by atoms with Gasteiger partial charge in [-0.05, 0) is 14.0 Å². The molecule has 1 aliphatic heterocycles. The second kappa shape index (κ2) is 10.2. The number of nitrogens with zero attached hydrogens (tertiary/aromatic N) is 3. The van der Waals surface area contributed by atoms with Gasteiger partial charge >= 0.3 is 17.9 Å². The Morgan fingerprint density at radius 1 is 0.917 bits per heavy atom. The summed E-state index contributed by atoms with van der Waals surface area (Å²) in [7, 11) is 1.65. The number of carbonyl (C=O) groups is 3. The van der Waals surface area contributed by atoms with E-state index >= 15 is 0 Å². The van der Waals surface area contributed by atoms with Crippen molar-refractivity contribution >= 4 is 17.9 Å². The minimum Gasteiger partial charge on any atom is -0.480 e. The summed E-state index contributed by atoms with van der Waals surface area (Å²) < 4.78 is 0. The van der Waals surface area contributed by atoms with E-state index in [0.29, 0.717) is 26.2 Å². The lowest BCUT2D eigenvalue weighted by Crippen LogP contribution is -2.57. The largest absolute Gasteiger partial charge is 0.480 e. The van der Waals surface area contributed by atoms with Crippen molar-refractivity contribution in [1.29, 1.82) is 0 Å². The molecule has 24 heavy (non-hydrogen) atoms. The molecule has 0 radical (unpaired) electrons. The number of rotatable bonds is 7. The van der Waals surface area contributed by atoms with E-state index in [2.05, 4.69) is 0 Å².